The molecule has 0 N–H and O–H groups in total. The summed E-state index contributed by atoms with van der Waals surface area (Å²) in [4.78, 5) is 0. The van der Waals surface area contributed by atoms with Crippen LogP contribution < -0.4 is 0 Å². The molecule has 0 unspecified atom stereocenters. The zero-order chi connectivity index (χ0) is 20.4. The van der Waals surface area contributed by atoms with Crippen molar-refractivity contribution in [3.8, 4) is 0 Å². The monoisotopic (exact) mass is 392 g/mol. The summed E-state index contributed by atoms with van der Waals surface area (Å²) >= 11 is 0. The number of halogens is 6. The first kappa shape index (κ1) is 19.7. The van der Waals surface area contributed by atoms with Gasteiger partial charge >= 0.3 is 12.4 Å². The second-order valence-electron chi connectivity index (χ2n) is 6.05. The number of benzene rings is 3. The van der Waals surface area contributed by atoms with Gasteiger partial charge in [-0.1, -0.05) is 72.8 Å². The van der Waals surface area contributed by atoms with Crippen LogP contribution in [0.25, 0.3) is 11.1 Å². The molecule has 0 radical (unpaired) electrons. The lowest BCUT2D eigenvalue weighted by Crippen LogP contribution is -2.14. The minimum atomic E-state index is -4.71. The highest BCUT2D eigenvalue weighted by Gasteiger charge is 2.38. The Balaban J connectivity index is 2.32. The molecule has 6 heteroatoms. The molecule has 3 aromatic carbocycles. The smallest absolute Gasteiger partial charge is 0.166 e. The molecule has 0 heterocycles. The van der Waals surface area contributed by atoms with Crippen molar-refractivity contribution in [2.75, 3.05) is 0 Å². The minimum absolute atomic E-state index is 0.0513. The van der Waals surface area contributed by atoms with Gasteiger partial charge in [0.15, 0.2) is 0 Å². The van der Waals surface area contributed by atoms with Crippen LogP contribution in [-0.4, -0.2) is 6.18 Å². The van der Waals surface area contributed by atoms with Crippen LogP contribution in [0, 0.1) is 0 Å². The SMILES string of the molecule is FC(F)(F)/C(=C(\c1ccccc1)c1ccc(C(F)(F)F)cc1)c1ccccc1. The summed E-state index contributed by atoms with van der Waals surface area (Å²) in [5.74, 6) is 0. The summed E-state index contributed by atoms with van der Waals surface area (Å²) in [5.41, 5.74) is -1.74. The Kier molecular flexibility index (Phi) is 5.31. The Labute approximate surface area is 157 Å². The molecule has 3 rings (SSSR count). The van der Waals surface area contributed by atoms with E-state index in [-0.39, 0.29) is 22.3 Å². The second-order valence-corrected chi connectivity index (χ2v) is 6.05. The maximum atomic E-state index is 14.1. The lowest BCUT2D eigenvalue weighted by atomic mass is 9.88. The number of allylic oxidation sites excluding steroid dienone is 1. The molecule has 0 nitrogen and oxygen atoms in total. The van der Waals surface area contributed by atoms with Crippen LogP contribution in [-0.2, 0) is 6.18 Å². The second kappa shape index (κ2) is 7.54. The van der Waals surface area contributed by atoms with Crippen molar-refractivity contribution < 1.29 is 26.3 Å². The molecule has 0 saturated carbocycles. The molecule has 0 aliphatic rings. The number of hydrogen-bond donors (Lipinski definition) is 0. The number of hydrogen-bond acceptors (Lipinski definition) is 0. The Morgan fingerprint density at radius 1 is 0.500 bits per heavy atom. The van der Waals surface area contributed by atoms with Gasteiger partial charge in [-0.15, -0.1) is 0 Å². The fraction of sp³-hybridized carbons (Fsp3) is 0.0909. The summed E-state index contributed by atoms with van der Waals surface area (Å²) in [5, 5.41) is 0. The van der Waals surface area contributed by atoms with Gasteiger partial charge in [0.1, 0.15) is 0 Å². The van der Waals surface area contributed by atoms with E-state index in [1.54, 1.807) is 24.3 Å². The van der Waals surface area contributed by atoms with Crippen molar-refractivity contribution in [1.29, 1.82) is 0 Å². The molecule has 0 aromatic heterocycles. The molecule has 0 aliphatic carbocycles. The summed E-state index contributed by atoms with van der Waals surface area (Å²) in [6.07, 6.45) is -9.28. The van der Waals surface area contributed by atoms with Crippen molar-refractivity contribution in [2.45, 2.75) is 12.4 Å². The van der Waals surface area contributed by atoms with Gasteiger partial charge in [-0.25, -0.2) is 0 Å². The van der Waals surface area contributed by atoms with E-state index in [4.69, 9.17) is 0 Å². The molecule has 0 amide bonds. The predicted octanol–water partition coefficient (Wildman–Crippen LogP) is 7.23. The quantitative estimate of drug-likeness (QED) is 0.326. The highest BCUT2D eigenvalue weighted by Crippen LogP contribution is 2.43. The lowest BCUT2D eigenvalue weighted by Gasteiger charge is -2.20. The fourth-order valence-corrected chi connectivity index (χ4v) is 2.94. The van der Waals surface area contributed by atoms with E-state index in [2.05, 4.69) is 0 Å². The molecule has 28 heavy (non-hydrogen) atoms. The average Bonchev–Trinajstić information content (AvgIpc) is 2.66. The topological polar surface area (TPSA) is 0 Å². The number of alkyl halides is 6. The Morgan fingerprint density at radius 2 is 0.929 bits per heavy atom. The third-order valence-corrected chi connectivity index (χ3v) is 4.16. The standard InChI is InChI=1S/C22H14F6/c23-21(24,25)18-13-11-16(12-14-18)19(15-7-3-1-4-8-15)20(22(26,27)28)17-9-5-2-6-10-17/h1-14H/b20-19+. The predicted molar refractivity (Wildman–Crippen MR) is 96.3 cm³/mol. The molecular weight excluding hydrogens is 378 g/mol. The van der Waals surface area contributed by atoms with Gasteiger partial charge in [0.05, 0.1) is 11.1 Å². The third kappa shape index (κ3) is 4.27. The lowest BCUT2D eigenvalue weighted by molar-refractivity contribution is -0.137. The van der Waals surface area contributed by atoms with E-state index in [0.717, 1.165) is 24.3 Å². The van der Waals surface area contributed by atoms with E-state index >= 15 is 0 Å². The van der Waals surface area contributed by atoms with Gasteiger partial charge in [-0.2, -0.15) is 26.3 Å². The maximum Gasteiger partial charge on any atom is 0.417 e. The first-order valence-corrected chi connectivity index (χ1v) is 8.28. The summed E-state index contributed by atoms with van der Waals surface area (Å²) in [6, 6.07) is 18.8. The van der Waals surface area contributed by atoms with Crippen LogP contribution in [0.4, 0.5) is 26.3 Å². The van der Waals surface area contributed by atoms with E-state index < -0.39 is 23.5 Å². The van der Waals surface area contributed by atoms with Crippen LogP contribution in [0.15, 0.2) is 84.9 Å². The molecule has 0 aliphatic heterocycles. The van der Waals surface area contributed by atoms with Crippen molar-refractivity contribution in [2.24, 2.45) is 0 Å². The number of rotatable bonds is 3. The molecule has 0 fully saturated rings. The molecular formula is C22H14F6. The van der Waals surface area contributed by atoms with E-state index in [9.17, 15) is 26.3 Å². The van der Waals surface area contributed by atoms with E-state index in [1.807, 2.05) is 0 Å². The first-order chi connectivity index (χ1) is 13.2. The molecule has 144 valence electrons. The molecule has 0 bridgehead atoms. The largest absolute Gasteiger partial charge is 0.417 e. The summed E-state index contributed by atoms with van der Waals surface area (Å²) < 4.78 is 80.8. The highest BCUT2D eigenvalue weighted by molar-refractivity contribution is 6.00. The summed E-state index contributed by atoms with van der Waals surface area (Å²) in [6.45, 7) is 0. The maximum absolute atomic E-state index is 14.1. The van der Waals surface area contributed by atoms with Gasteiger partial charge < -0.3 is 0 Å². The molecule has 0 saturated heterocycles. The highest BCUT2D eigenvalue weighted by atomic mass is 19.4. The normalized spacial score (nSPS) is 13.2. The van der Waals surface area contributed by atoms with E-state index in [0.29, 0.717) is 0 Å². The van der Waals surface area contributed by atoms with Gasteiger partial charge in [0, 0.05) is 5.57 Å². The van der Waals surface area contributed by atoms with Crippen LogP contribution in [0.5, 0.6) is 0 Å². The van der Waals surface area contributed by atoms with Gasteiger partial charge in [-0.05, 0) is 28.8 Å². The van der Waals surface area contributed by atoms with Gasteiger partial charge in [0.25, 0.3) is 0 Å². The zero-order valence-electron chi connectivity index (χ0n) is 14.4. The minimum Gasteiger partial charge on any atom is -0.166 e. The Morgan fingerprint density at radius 3 is 1.36 bits per heavy atom. The van der Waals surface area contributed by atoms with Crippen LogP contribution in [0.1, 0.15) is 22.3 Å². The molecule has 0 atom stereocenters. The zero-order valence-corrected chi connectivity index (χ0v) is 14.4. The van der Waals surface area contributed by atoms with Crippen molar-refractivity contribution in [1.82, 2.24) is 0 Å². The molecule has 3 aromatic rings. The Hall–Kier alpha value is -3.02. The molecule has 0 spiro atoms. The fourth-order valence-electron chi connectivity index (χ4n) is 2.94. The average molecular weight is 392 g/mol. The van der Waals surface area contributed by atoms with Crippen LogP contribution >= 0.6 is 0 Å². The van der Waals surface area contributed by atoms with E-state index in [1.165, 1.54) is 36.4 Å². The van der Waals surface area contributed by atoms with Gasteiger partial charge in [0.2, 0.25) is 0 Å². The van der Waals surface area contributed by atoms with Crippen molar-refractivity contribution in [3.05, 3.63) is 107 Å². The third-order valence-electron chi connectivity index (χ3n) is 4.16. The summed E-state index contributed by atoms with van der Waals surface area (Å²) in [7, 11) is 0. The van der Waals surface area contributed by atoms with Gasteiger partial charge in [-0.3, -0.25) is 0 Å². The van der Waals surface area contributed by atoms with Crippen molar-refractivity contribution in [3.63, 3.8) is 0 Å². The Bertz CT molecular complexity index is 950. The van der Waals surface area contributed by atoms with Crippen LogP contribution in [0.3, 0.4) is 0 Å². The van der Waals surface area contributed by atoms with Crippen molar-refractivity contribution >= 4 is 11.1 Å². The first-order valence-electron chi connectivity index (χ1n) is 8.28. The van der Waals surface area contributed by atoms with Crippen LogP contribution in [0.2, 0.25) is 0 Å².